The molecule has 3 aliphatic rings. The highest BCUT2D eigenvalue weighted by Crippen LogP contribution is 2.51. The van der Waals surface area contributed by atoms with E-state index in [0.717, 1.165) is 35.8 Å². The van der Waals surface area contributed by atoms with Gasteiger partial charge in [-0.3, -0.25) is 9.69 Å². The molecule has 36 heavy (non-hydrogen) atoms. The molecule has 0 atom stereocenters. The minimum Gasteiger partial charge on any atom is -0.497 e. The van der Waals surface area contributed by atoms with Crippen molar-refractivity contribution in [3.63, 3.8) is 0 Å². The zero-order valence-electron chi connectivity index (χ0n) is 19.4. The van der Waals surface area contributed by atoms with Gasteiger partial charge in [0.05, 0.1) is 19.2 Å². The zero-order chi connectivity index (χ0) is 25.0. The molecule has 2 saturated carbocycles. The molecule has 8 nitrogen and oxygen atoms in total. The number of hydrogen-bond donors (Lipinski definition) is 0. The fourth-order valence-electron chi connectivity index (χ4n) is 4.48. The molecule has 11 heteroatoms. The summed E-state index contributed by atoms with van der Waals surface area (Å²) in [6.07, 6.45) is 2.95. The SMILES string of the molecule is COc1ccc(COc2c(F)ccc(-c3nnc(CN4C(=O)N(C5CC5)C(=O)C45CC5)s3)c2F)cc1. The maximum Gasteiger partial charge on any atom is 0.328 e. The number of methoxy groups -OCH3 is 1. The van der Waals surface area contributed by atoms with Crippen LogP contribution in [0.1, 0.15) is 36.3 Å². The maximum atomic E-state index is 15.3. The first-order valence-electron chi connectivity index (χ1n) is 11.6. The summed E-state index contributed by atoms with van der Waals surface area (Å²) in [4.78, 5) is 28.8. The van der Waals surface area contributed by atoms with Gasteiger partial charge in [0.15, 0.2) is 22.4 Å². The number of aromatic nitrogens is 2. The quantitative estimate of drug-likeness (QED) is 0.413. The maximum absolute atomic E-state index is 15.3. The molecular weight excluding hydrogens is 490 g/mol. The van der Waals surface area contributed by atoms with Gasteiger partial charge in [0.1, 0.15) is 22.9 Å². The predicted molar refractivity (Wildman–Crippen MR) is 125 cm³/mol. The summed E-state index contributed by atoms with van der Waals surface area (Å²) in [7, 11) is 1.55. The fourth-order valence-corrected chi connectivity index (χ4v) is 5.33. The van der Waals surface area contributed by atoms with E-state index < -0.39 is 22.9 Å². The third-order valence-corrected chi connectivity index (χ3v) is 7.73. The highest BCUT2D eigenvalue weighted by Gasteiger charge is 2.66. The Kier molecular flexibility index (Phi) is 5.40. The van der Waals surface area contributed by atoms with Crippen molar-refractivity contribution in [1.29, 1.82) is 0 Å². The first-order chi connectivity index (χ1) is 17.4. The highest BCUT2D eigenvalue weighted by molar-refractivity contribution is 7.14. The number of halogens is 2. The number of carbonyl (C=O) groups excluding carboxylic acids is 2. The van der Waals surface area contributed by atoms with Gasteiger partial charge >= 0.3 is 6.03 Å². The van der Waals surface area contributed by atoms with E-state index in [1.54, 1.807) is 36.3 Å². The van der Waals surface area contributed by atoms with Gasteiger partial charge < -0.3 is 14.4 Å². The van der Waals surface area contributed by atoms with Crippen LogP contribution in [0.4, 0.5) is 13.6 Å². The van der Waals surface area contributed by atoms with Crippen LogP contribution >= 0.6 is 11.3 Å². The van der Waals surface area contributed by atoms with E-state index in [-0.39, 0.29) is 41.7 Å². The van der Waals surface area contributed by atoms with Crippen molar-refractivity contribution in [1.82, 2.24) is 20.0 Å². The summed E-state index contributed by atoms with van der Waals surface area (Å²) in [6.45, 7) is 0.0857. The monoisotopic (exact) mass is 512 g/mol. The Labute approximate surface area is 209 Å². The predicted octanol–water partition coefficient (Wildman–Crippen LogP) is 4.53. The van der Waals surface area contributed by atoms with E-state index in [0.29, 0.717) is 23.6 Å². The number of rotatable bonds is 8. The van der Waals surface area contributed by atoms with E-state index >= 15 is 4.39 Å². The molecule has 6 rings (SSSR count). The first-order valence-corrected chi connectivity index (χ1v) is 12.4. The molecule has 2 aromatic carbocycles. The average molecular weight is 513 g/mol. The fraction of sp³-hybridized carbons (Fsp3) is 0.360. The molecule has 186 valence electrons. The Morgan fingerprint density at radius 2 is 1.83 bits per heavy atom. The van der Waals surface area contributed by atoms with Crippen molar-refractivity contribution in [2.24, 2.45) is 0 Å². The van der Waals surface area contributed by atoms with E-state index in [2.05, 4.69) is 10.2 Å². The minimum absolute atomic E-state index is 0.00195. The largest absolute Gasteiger partial charge is 0.497 e. The van der Waals surface area contributed by atoms with Crippen LogP contribution in [-0.2, 0) is 17.9 Å². The van der Waals surface area contributed by atoms with Crippen LogP contribution in [0.15, 0.2) is 36.4 Å². The Bertz CT molecular complexity index is 1350. The van der Waals surface area contributed by atoms with E-state index in [1.807, 2.05) is 0 Å². The lowest BCUT2D eigenvalue weighted by Crippen LogP contribution is -2.36. The summed E-state index contributed by atoms with van der Waals surface area (Å²) >= 11 is 1.10. The van der Waals surface area contributed by atoms with Gasteiger partial charge in [-0.05, 0) is 55.5 Å². The first kappa shape index (κ1) is 22.8. The number of amides is 3. The van der Waals surface area contributed by atoms with Crippen LogP contribution in [-0.4, -0.2) is 50.6 Å². The van der Waals surface area contributed by atoms with Gasteiger partial charge in [-0.2, -0.15) is 0 Å². The van der Waals surface area contributed by atoms with Crippen LogP contribution in [0, 0.1) is 11.6 Å². The molecule has 1 saturated heterocycles. The summed E-state index contributed by atoms with van der Waals surface area (Å²) in [6, 6.07) is 9.09. The summed E-state index contributed by atoms with van der Waals surface area (Å²) in [5, 5.41) is 8.91. The number of hydrogen-bond acceptors (Lipinski definition) is 7. The van der Waals surface area contributed by atoms with Crippen molar-refractivity contribution < 1.29 is 27.8 Å². The average Bonchev–Trinajstić information content (AvgIpc) is 3.81. The van der Waals surface area contributed by atoms with E-state index in [4.69, 9.17) is 9.47 Å². The van der Waals surface area contributed by atoms with Crippen molar-refractivity contribution >= 4 is 23.3 Å². The minimum atomic E-state index is -0.878. The second-order valence-electron chi connectivity index (χ2n) is 9.18. The summed E-state index contributed by atoms with van der Waals surface area (Å²) < 4.78 is 40.3. The van der Waals surface area contributed by atoms with Crippen molar-refractivity contribution in [2.75, 3.05) is 7.11 Å². The Balaban J connectivity index is 1.20. The summed E-state index contributed by atoms with van der Waals surface area (Å²) in [5.74, 6) is -1.66. The lowest BCUT2D eigenvalue weighted by molar-refractivity contribution is -0.129. The molecule has 3 amide bonds. The van der Waals surface area contributed by atoms with Crippen molar-refractivity contribution in [2.45, 2.75) is 50.4 Å². The number of ether oxygens (including phenoxy) is 2. The van der Waals surface area contributed by atoms with Gasteiger partial charge in [-0.1, -0.05) is 23.5 Å². The van der Waals surface area contributed by atoms with Crippen LogP contribution in [0.5, 0.6) is 11.5 Å². The molecule has 2 aliphatic carbocycles. The number of imide groups is 1. The second kappa shape index (κ2) is 8.51. The Morgan fingerprint density at radius 1 is 1.08 bits per heavy atom. The molecule has 0 unspecified atom stereocenters. The topological polar surface area (TPSA) is 84.9 Å². The van der Waals surface area contributed by atoms with Crippen LogP contribution in [0.2, 0.25) is 0 Å². The van der Waals surface area contributed by atoms with Crippen LogP contribution in [0.25, 0.3) is 10.6 Å². The zero-order valence-corrected chi connectivity index (χ0v) is 20.2. The highest BCUT2D eigenvalue weighted by atomic mass is 32.1. The lowest BCUT2D eigenvalue weighted by atomic mass is 10.2. The number of urea groups is 1. The van der Waals surface area contributed by atoms with Gasteiger partial charge in [0.25, 0.3) is 5.91 Å². The van der Waals surface area contributed by atoms with Crippen molar-refractivity contribution in [3.05, 3.63) is 58.6 Å². The molecule has 0 radical (unpaired) electrons. The molecule has 1 aromatic heterocycles. The molecule has 1 spiro atoms. The normalized spacial score (nSPS) is 18.3. The third kappa shape index (κ3) is 3.78. The number of carbonyl (C=O) groups is 2. The molecular formula is C25H22F2N4O4S. The standard InChI is InChI=1S/C25H22F2N4O4S/c1-34-16-6-2-14(3-7-16)13-35-21-18(26)9-8-17(20(21)27)22-29-28-19(36-22)12-30-24(33)31(15-4-5-15)23(32)25(30)10-11-25/h2-3,6-9,15H,4-5,10-13H2,1H3. The molecule has 0 bridgehead atoms. The Hall–Kier alpha value is -3.60. The second-order valence-corrected chi connectivity index (χ2v) is 10.2. The van der Waals surface area contributed by atoms with Gasteiger partial charge in [0, 0.05) is 6.04 Å². The van der Waals surface area contributed by atoms with Gasteiger partial charge in [0.2, 0.25) is 0 Å². The lowest BCUT2D eigenvalue weighted by Gasteiger charge is -2.19. The molecule has 0 N–H and O–H groups in total. The van der Waals surface area contributed by atoms with Gasteiger partial charge in [-0.15, -0.1) is 10.2 Å². The molecule has 1 aliphatic heterocycles. The van der Waals surface area contributed by atoms with Crippen molar-refractivity contribution in [3.8, 4) is 22.1 Å². The number of nitrogens with zero attached hydrogens (tertiary/aromatic N) is 4. The molecule has 3 aromatic rings. The summed E-state index contributed by atoms with van der Waals surface area (Å²) in [5.41, 5.74) is 0.00137. The van der Waals surface area contributed by atoms with E-state index in [9.17, 15) is 14.0 Å². The smallest absolute Gasteiger partial charge is 0.328 e. The van der Waals surface area contributed by atoms with E-state index in [1.165, 1.54) is 11.0 Å². The number of benzene rings is 2. The van der Waals surface area contributed by atoms with Crippen LogP contribution < -0.4 is 9.47 Å². The van der Waals surface area contributed by atoms with Gasteiger partial charge in [-0.25, -0.2) is 13.6 Å². The van der Waals surface area contributed by atoms with Crippen LogP contribution in [0.3, 0.4) is 0 Å². The third-order valence-electron chi connectivity index (χ3n) is 6.79. The molecule has 3 fully saturated rings. The molecule has 2 heterocycles. The Morgan fingerprint density at radius 3 is 2.50 bits per heavy atom.